The molecule has 2 spiro atoms. The molecule has 1 aromatic carbocycles. The molecule has 0 amide bonds. The lowest BCUT2D eigenvalue weighted by molar-refractivity contribution is -0.145. The number of aliphatic imine (C=N–C) groups is 1. The van der Waals surface area contributed by atoms with Crippen molar-refractivity contribution in [1.29, 1.82) is 0 Å². The number of nitrogens with one attached hydrogen (secondary N) is 1. The summed E-state index contributed by atoms with van der Waals surface area (Å²) < 4.78 is 5.30. The third-order valence-corrected chi connectivity index (χ3v) is 5.92. The second-order valence-electron chi connectivity index (χ2n) is 7.04. The lowest BCUT2D eigenvalue weighted by Gasteiger charge is -2.45. The maximum atomic E-state index is 12.4. The summed E-state index contributed by atoms with van der Waals surface area (Å²) >= 11 is 0. The van der Waals surface area contributed by atoms with Gasteiger partial charge >= 0.3 is 5.97 Å². The van der Waals surface area contributed by atoms with E-state index in [1.165, 1.54) is 24.8 Å². The first-order chi connectivity index (χ1) is 11.2. The average Bonchev–Trinajstić information content (AvgIpc) is 3.10. The number of para-hydroxylation sites is 1. The lowest BCUT2D eigenvalue weighted by atomic mass is 9.61. The fourth-order valence-corrected chi connectivity index (χ4v) is 4.92. The molecular weight excluding hydrogens is 288 g/mol. The van der Waals surface area contributed by atoms with Crippen LogP contribution in [0.3, 0.4) is 0 Å². The topological polar surface area (TPSA) is 50.7 Å². The standard InChI is InChI=1S/C19H24N2O2/c1-2-23-17(22)16-12-18(19(21-16)10-6-3-7-11-19)13-20-15-9-5-4-8-14(15)18/h4-5,8-9,13,16,21H,2-3,6-7,10-12H2,1H3. The Morgan fingerprint density at radius 3 is 2.87 bits per heavy atom. The third kappa shape index (κ3) is 2.08. The van der Waals surface area contributed by atoms with E-state index in [2.05, 4.69) is 29.7 Å². The summed E-state index contributed by atoms with van der Waals surface area (Å²) in [4.78, 5) is 17.1. The summed E-state index contributed by atoms with van der Waals surface area (Å²) in [5.41, 5.74) is 2.12. The van der Waals surface area contributed by atoms with Crippen LogP contribution in [0.25, 0.3) is 0 Å². The molecule has 2 aliphatic heterocycles. The first-order valence-electron chi connectivity index (χ1n) is 8.80. The van der Waals surface area contributed by atoms with Crippen molar-refractivity contribution in [3.8, 4) is 0 Å². The van der Waals surface area contributed by atoms with Crippen LogP contribution in [0.1, 0.15) is 51.0 Å². The molecule has 1 N–H and O–H groups in total. The Morgan fingerprint density at radius 2 is 2.09 bits per heavy atom. The Balaban J connectivity index is 1.77. The van der Waals surface area contributed by atoms with Crippen LogP contribution in [-0.2, 0) is 14.9 Å². The molecule has 0 radical (unpaired) electrons. The smallest absolute Gasteiger partial charge is 0.323 e. The minimum atomic E-state index is -0.231. The minimum Gasteiger partial charge on any atom is -0.465 e. The zero-order chi connectivity index (χ0) is 15.9. The molecule has 122 valence electrons. The molecule has 4 nitrogen and oxygen atoms in total. The van der Waals surface area contributed by atoms with Crippen LogP contribution in [0, 0.1) is 0 Å². The van der Waals surface area contributed by atoms with Gasteiger partial charge in [-0.05, 0) is 37.8 Å². The van der Waals surface area contributed by atoms with E-state index >= 15 is 0 Å². The number of hydrogen-bond acceptors (Lipinski definition) is 4. The van der Waals surface area contributed by atoms with Crippen LogP contribution in [0.5, 0.6) is 0 Å². The summed E-state index contributed by atoms with van der Waals surface area (Å²) in [6, 6.07) is 8.16. The molecule has 3 aliphatic rings. The lowest BCUT2D eigenvalue weighted by Crippen LogP contribution is -2.56. The van der Waals surface area contributed by atoms with E-state index in [4.69, 9.17) is 9.73 Å². The van der Waals surface area contributed by atoms with Crippen LogP contribution in [0.15, 0.2) is 29.3 Å². The van der Waals surface area contributed by atoms with E-state index in [1.807, 2.05) is 13.0 Å². The van der Waals surface area contributed by atoms with Gasteiger partial charge in [-0.2, -0.15) is 0 Å². The molecular formula is C19H24N2O2. The first kappa shape index (κ1) is 14.9. The van der Waals surface area contributed by atoms with Crippen LogP contribution in [0.2, 0.25) is 0 Å². The van der Waals surface area contributed by atoms with Crippen molar-refractivity contribution in [2.24, 2.45) is 4.99 Å². The van der Waals surface area contributed by atoms with E-state index in [9.17, 15) is 4.79 Å². The second-order valence-corrected chi connectivity index (χ2v) is 7.04. The van der Waals surface area contributed by atoms with E-state index < -0.39 is 0 Å². The molecule has 2 atom stereocenters. The summed E-state index contributed by atoms with van der Waals surface area (Å²) in [5, 5.41) is 3.70. The summed E-state index contributed by atoms with van der Waals surface area (Å²) in [6.07, 6.45) is 8.77. The van der Waals surface area contributed by atoms with Gasteiger partial charge in [0.05, 0.1) is 17.7 Å². The highest BCUT2D eigenvalue weighted by Crippen LogP contribution is 2.55. The van der Waals surface area contributed by atoms with Crippen molar-refractivity contribution in [3.05, 3.63) is 29.8 Å². The Morgan fingerprint density at radius 1 is 1.30 bits per heavy atom. The van der Waals surface area contributed by atoms with Crippen LogP contribution in [0.4, 0.5) is 5.69 Å². The largest absolute Gasteiger partial charge is 0.465 e. The SMILES string of the molecule is CCOC(=O)C1CC2(C=Nc3ccccc32)C2(CCCCC2)N1. The maximum Gasteiger partial charge on any atom is 0.323 e. The van der Waals surface area contributed by atoms with Gasteiger partial charge in [-0.1, -0.05) is 37.5 Å². The Kier molecular flexibility index (Phi) is 3.52. The predicted molar refractivity (Wildman–Crippen MR) is 90.3 cm³/mol. The summed E-state index contributed by atoms with van der Waals surface area (Å²) in [7, 11) is 0. The quantitative estimate of drug-likeness (QED) is 0.853. The molecule has 0 bridgehead atoms. The van der Waals surface area contributed by atoms with E-state index in [-0.39, 0.29) is 23.0 Å². The van der Waals surface area contributed by atoms with Crippen molar-refractivity contribution >= 4 is 17.9 Å². The molecule has 1 saturated carbocycles. The Bertz CT molecular complexity index is 649. The normalized spacial score (nSPS) is 30.7. The highest BCUT2D eigenvalue weighted by atomic mass is 16.5. The highest BCUT2D eigenvalue weighted by Gasteiger charge is 2.61. The summed E-state index contributed by atoms with van der Waals surface area (Å²) in [6.45, 7) is 2.30. The molecule has 2 unspecified atom stereocenters. The number of benzene rings is 1. The van der Waals surface area contributed by atoms with E-state index in [0.717, 1.165) is 24.9 Å². The van der Waals surface area contributed by atoms with Gasteiger partial charge in [0.15, 0.2) is 0 Å². The molecule has 2 fully saturated rings. The highest BCUT2D eigenvalue weighted by molar-refractivity contribution is 5.90. The number of carbonyl (C=O) groups is 1. The van der Waals surface area contributed by atoms with Crippen LogP contribution < -0.4 is 5.32 Å². The second kappa shape index (κ2) is 5.45. The van der Waals surface area contributed by atoms with Crippen molar-refractivity contribution < 1.29 is 9.53 Å². The molecule has 23 heavy (non-hydrogen) atoms. The van der Waals surface area contributed by atoms with Gasteiger partial charge in [-0.25, -0.2) is 0 Å². The maximum absolute atomic E-state index is 12.4. The first-order valence-corrected chi connectivity index (χ1v) is 8.80. The molecule has 4 rings (SSSR count). The molecule has 1 aromatic rings. The van der Waals surface area contributed by atoms with Crippen molar-refractivity contribution in [1.82, 2.24) is 5.32 Å². The molecule has 4 heteroatoms. The Hall–Kier alpha value is -1.68. The van der Waals surface area contributed by atoms with E-state index in [0.29, 0.717) is 6.61 Å². The average molecular weight is 312 g/mol. The van der Waals surface area contributed by atoms with Gasteiger partial charge in [-0.15, -0.1) is 0 Å². The number of esters is 1. The molecule has 0 aromatic heterocycles. The van der Waals surface area contributed by atoms with Crippen LogP contribution >= 0.6 is 0 Å². The fourth-order valence-electron chi connectivity index (χ4n) is 4.92. The fraction of sp³-hybridized carbons (Fsp3) is 0.579. The predicted octanol–water partition coefficient (Wildman–Crippen LogP) is 3.27. The van der Waals surface area contributed by atoms with Gasteiger partial charge < -0.3 is 4.74 Å². The third-order valence-electron chi connectivity index (χ3n) is 5.92. The van der Waals surface area contributed by atoms with Gasteiger partial charge in [0.1, 0.15) is 6.04 Å². The van der Waals surface area contributed by atoms with Crippen molar-refractivity contribution in [3.63, 3.8) is 0 Å². The number of fused-ring (bicyclic) bond motifs is 3. The van der Waals surface area contributed by atoms with Crippen LogP contribution in [-0.4, -0.2) is 30.4 Å². The molecule has 2 heterocycles. The molecule has 1 saturated heterocycles. The van der Waals surface area contributed by atoms with Crippen molar-refractivity contribution in [2.45, 2.75) is 62.4 Å². The van der Waals surface area contributed by atoms with Crippen molar-refractivity contribution in [2.75, 3.05) is 6.61 Å². The minimum absolute atomic E-state index is 0.0568. The molecule has 1 aliphatic carbocycles. The van der Waals surface area contributed by atoms with E-state index in [1.54, 1.807) is 0 Å². The van der Waals surface area contributed by atoms with Gasteiger partial charge in [0.25, 0.3) is 0 Å². The number of carbonyl (C=O) groups excluding carboxylic acids is 1. The summed E-state index contributed by atoms with van der Waals surface area (Å²) in [5.74, 6) is -0.118. The monoisotopic (exact) mass is 312 g/mol. The zero-order valence-corrected chi connectivity index (χ0v) is 13.7. The van der Waals surface area contributed by atoms with Gasteiger partial charge in [-0.3, -0.25) is 15.1 Å². The number of rotatable bonds is 2. The zero-order valence-electron chi connectivity index (χ0n) is 13.7. The number of ether oxygens (including phenoxy) is 1. The Labute approximate surface area is 137 Å². The van der Waals surface area contributed by atoms with Gasteiger partial charge in [0.2, 0.25) is 0 Å². The number of hydrogen-bond donors (Lipinski definition) is 1. The number of nitrogens with zero attached hydrogens (tertiary/aromatic N) is 1. The van der Waals surface area contributed by atoms with Gasteiger partial charge in [0, 0.05) is 11.8 Å².